The Balaban J connectivity index is 2.66. The molecule has 2 nitrogen and oxygen atoms in total. The van der Waals surface area contributed by atoms with Gasteiger partial charge in [0.05, 0.1) is 6.61 Å². The van der Waals surface area contributed by atoms with Crippen molar-refractivity contribution in [2.45, 2.75) is 27.2 Å². The molecule has 0 unspecified atom stereocenters. The fourth-order valence-electron chi connectivity index (χ4n) is 1.30. The first-order valence-corrected chi connectivity index (χ1v) is 5.27. The highest BCUT2D eigenvalue weighted by molar-refractivity contribution is 6.32. The van der Waals surface area contributed by atoms with Gasteiger partial charge in [-0.3, -0.25) is 4.79 Å². The van der Waals surface area contributed by atoms with E-state index < -0.39 is 0 Å². The Labute approximate surface area is 95.2 Å². The van der Waals surface area contributed by atoms with E-state index >= 15 is 0 Å². The lowest BCUT2D eigenvalue weighted by Crippen LogP contribution is -2.03. The second-order valence-electron chi connectivity index (χ2n) is 3.67. The van der Waals surface area contributed by atoms with E-state index in [4.69, 9.17) is 16.3 Å². The summed E-state index contributed by atoms with van der Waals surface area (Å²) in [5.41, 5.74) is 1.99. The van der Waals surface area contributed by atoms with E-state index in [9.17, 15) is 4.79 Å². The van der Waals surface area contributed by atoms with Gasteiger partial charge in [0.2, 0.25) is 0 Å². The van der Waals surface area contributed by atoms with Gasteiger partial charge in [-0.25, -0.2) is 0 Å². The predicted molar refractivity (Wildman–Crippen MR) is 61.7 cm³/mol. The fraction of sp³-hybridized carbons (Fsp3) is 0.417. The van der Waals surface area contributed by atoms with Crippen LogP contribution >= 0.6 is 11.6 Å². The molecule has 0 aliphatic rings. The normalized spacial score (nSPS) is 10.1. The lowest BCUT2D eigenvalue weighted by Gasteiger charge is -2.09. The molecule has 0 aliphatic carbocycles. The van der Waals surface area contributed by atoms with Crippen molar-refractivity contribution in [2.24, 2.45) is 0 Å². The lowest BCUT2D eigenvalue weighted by molar-refractivity contribution is -0.117. The van der Waals surface area contributed by atoms with E-state index in [1.165, 1.54) is 0 Å². The van der Waals surface area contributed by atoms with E-state index in [1.54, 1.807) is 6.92 Å². The van der Waals surface area contributed by atoms with Gasteiger partial charge >= 0.3 is 0 Å². The van der Waals surface area contributed by atoms with Gasteiger partial charge in [-0.05, 0) is 44.0 Å². The van der Waals surface area contributed by atoms with Crippen molar-refractivity contribution in [3.05, 3.63) is 28.3 Å². The monoisotopic (exact) mass is 226 g/mol. The Kier molecular flexibility index (Phi) is 4.15. The number of ketones is 1. The zero-order valence-corrected chi connectivity index (χ0v) is 10.0. The van der Waals surface area contributed by atoms with E-state index in [0.29, 0.717) is 13.0 Å². The van der Waals surface area contributed by atoms with Gasteiger partial charge in [0.1, 0.15) is 11.5 Å². The van der Waals surface area contributed by atoms with Crippen molar-refractivity contribution in [1.29, 1.82) is 0 Å². The molecule has 0 fully saturated rings. The highest BCUT2D eigenvalue weighted by atomic mass is 35.5. The first-order valence-electron chi connectivity index (χ1n) is 4.89. The standard InChI is InChI=1S/C12H15ClO2/c1-8-6-11(7-9(2)12(8)13)15-5-4-10(3)14/h6-7H,4-5H2,1-3H3. The highest BCUT2D eigenvalue weighted by Gasteiger charge is 2.03. The lowest BCUT2D eigenvalue weighted by atomic mass is 10.1. The summed E-state index contributed by atoms with van der Waals surface area (Å²) in [6, 6.07) is 3.77. The number of aryl methyl sites for hydroxylation is 2. The minimum atomic E-state index is 0.136. The summed E-state index contributed by atoms with van der Waals surface area (Å²) in [5, 5.41) is 0.772. The van der Waals surface area contributed by atoms with E-state index in [-0.39, 0.29) is 5.78 Å². The molecule has 82 valence electrons. The zero-order valence-electron chi connectivity index (χ0n) is 9.26. The van der Waals surface area contributed by atoms with E-state index in [2.05, 4.69) is 0 Å². The van der Waals surface area contributed by atoms with Crippen LogP contribution in [0.25, 0.3) is 0 Å². The van der Waals surface area contributed by atoms with Crippen molar-refractivity contribution < 1.29 is 9.53 Å². The number of ether oxygens (including phenoxy) is 1. The van der Waals surface area contributed by atoms with Crippen LogP contribution in [0.5, 0.6) is 5.75 Å². The van der Waals surface area contributed by atoms with Gasteiger partial charge in [-0.1, -0.05) is 11.6 Å². The zero-order chi connectivity index (χ0) is 11.4. The summed E-state index contributed by atoms with van der Waals surface area (Å²) >= 11 is 6.02. The number of hydrogen-bond donors (Lipinski definition) is 0. The molecular weight excluding hydrogens is 212 g/mol. The molecule has 0 spiro atoms. The van der Waals surface area contributed by atoms with Crippen LogP contribution in [0.15, 0.2) is 12.1 Å². The Hall–Kier alpha value is -1.02. The average molecular weight is 227 g/mol. The maximum Gasteiger partial charge on any atom is 0.133 e. The molecule has 0 saturated carbocycles. The second kappa shape index (κ2) is 5.17. The minimum Gasteiger partial charge on any atom is -0.493 e. The maximum absolute atomic E-state index is 10.7. The SMILES string of the molecule is CC(=O)CCOc1cc(C)c(Cl)c(C)c1. The molecule has 1 rings (SSSR count). The van der Waals surface area contributed by atoms with Gasteiger partial charge in [0.15, 0.2) is 0 Å². The van der Waals surface area contributed by atoms with Crippen LogP contribution in [0, 0.1) is 13.8 Å². The van der Waals surface area contributed by atoms with Gasteiger partial charge in [-0.2, -0.15) is 0 Å². The summed E-state index contributed by atoms with van der Waals surface area (Å²) in [7, 11) is 0. The Morgan fingerprint density at radius 2 is 1.87 bits per heavy atom. The van der Waals surface area contributed by atoms with Crippen molar-refractivity contribution in [1.82, 2.24) is 0 Å². The molecular formula is C12H15ClO2. The highest BCUT2D eigenvalue weighted by Crippen LogP contribution is 2.25. The van der Waals surface area contributed by atoms with E-state index in [1.807, 2.05) is 26.0 Å². The molecule has 1 aromatic carbocycles. The number of hydrogen-bond acceptors (Lipinski definition) is 2. The van der Waals surface area contributed by atoms with Gasteiger partial charge < -0.3 is 4.74 Å². The molecule has 0 radical (unpaired) electrons. The maximum atomic E-state index is 10.7. The van der Waals surface area contributed by atoms with Crippen LogP contribution in [0.2, 0.25) is 5.02 Å². The largest absolute Gasteiger partial charge is 0.493 e. The predicted octanol–water partition coefficient (Wildman–Crippen LogP) is 3.31. The average Bonchev–Trinajstić information content (AvgIpc) is 2.13. The molecule has 15 heavy (non-hydrogen) atoms. The Bertz CT molecular complexity index is 349. The van der Waals surface area contributed by atoms with Crippen molar-refractivity contribution in [3.8, 4) is 5.75 Å². The molecule has 0 saturated heterocycles. The first-order chi connectivity index (χ1) is 7.00. The number of benzene rings is 1. The molecule has 0 aromatic heterocycles. The third-order valence-electron chi connectivity index (χ3n) is 2.13. The molecule has 1 aromatic rings. The number of Topliss-reactive ketones (excluding diaryl/α,β-unsaturated/α-hetero) is 1. The smallest absolute Gasteiger partial charge is 0.133 e. The van der Waals surface area contributed by atoms with E-state index in [0.717, 1.165) is 21.9 Å². The number of carbonyl (C=O) groups excluding carboxylic acids is 1. The molecule has 0 amide bonds. The van der Waals surface area contributed by atoms with Gasteiger partial charge in [0.25, 0.3) is 0 Å². The topological polar surface area (TPSA) is 26.3 Å². The number of halogens is 1. The van der Waals surface area contributed by atoms with Crippen LogP contribution in [0.4, 0.5) is 0 Å². The molecule has 0 bridgehead atoms. The number of carbonyl (C=O) groups is 1. The second-order valence-corrected chi connectivity index (χ2v) is 4.05. The van der Waals surface area contributed by atoms with Crippen LogP contribution in [0.3, 0.4) is 0 Å². The Morgan fingerprint density at radius 3 is 2.33 bits per heavy atom. The van der Waals surface area contributed by atoms with Crippen molar-refractivity contribution in [3.63, 3.8) is 0 Å². The third-order valence-corrected chi connectivity index (χ3v) is 2.73. The van der Waals surface area contributed by atoms with Crippen LogP contribution in [-0.2, 0) is 4.79 Å². The third kappa shape index (κ3) is 3.56. The van der Waals surface area contributed by atoms with Crippen molar-refractivity contribution >= 4 is 17.4 Å². The first kappa shape index (κ1) is 12.1. The molecule has 0 aliphatic heterocycles. The summed E-state index contributed by atoms with van der Waals surface area (Å²) in [5.74, 6) is 0.910. The van der Waals surface area contributed by atoms with Crippen LogP contribution in [0.1, 0.15) is 24.5 Å². The molecule has 0 N–H and O–H groups in total. The van der Waals surface area contributed by atoms with Crippen LogP contribution in [-0.4, -0.2) is 12.4 Å². The summed E-state index contributed by atoms with van der Waals surface area (Å²) in [6.07, 6.45) is 0.445. The minimum absolute atomic E-state index is 0.136. The summed E-state index contributed by atoms with van der Waals surface area (Å²) in [4.78, 5) is 10.7. The van der Waals surface area contributed by atoms with Crippen LogP contribution < -0.4 is 4.74 Å². The quantitative estimate of drug-likeness (QED) is 0.788. The van der Waals surface area contributed by atoms with Crippen molar-refractivity contribution in [2.75, 3.05) is 6.61 Å². The summed E-state index contributed by atoms with van der Waals surface area (Å²) in [6.45, 7) is 5.86. The Morgan fingerprint density at radius 1 is 1.33 bits per heavy atom. The number of rotatable bonds is 4. The molecule has 0 heterocycles. The van der Waals surface area contributed by atoms with Gasteiger partial charge in [0, 0.05) is 11.4 Å². The van der Waals surface area contributed by atoms with Gasteiger partial charge in [-0.15, -0.1) is 0 Å². The summed E-state index contributed by atoms with van der Waals surface area (Å²) < 4.78 is 5.45. The fourth-order valence-corrected chi connectivity index (χ4v) is 1.41. The molecule has 0 atom stereocenters. The molecule has 3 heteroatoms.